The van der Waals surface area contributed by atoms with Gasteiger partial charge in [0, 0.05) is 13.1 Å². The fourth-order valence-corrected chi connectivity index (χ4v) is 4.20. The summed E-state index contributed by atoms with van der Waals surface area (Å²) in [5.74, 6) is 0.431. The quantitative estimate of drug-likeness (QED) is 0.622. The number of aromatic nitrogens is 1. The third-order valence-electron chi connectivity index (χ3n) is 3.92. The highest BCUT2D eigenvalue weighted by Gasteiger charge is 2.18. The van der Waals surface area contributed by atoms with Crippen LogP contribution in [0.3, 0.4) is 0 Å². The minimum atomic E-state index is -0.00432. The summed E-state index contributed by atoms with van der Waals surface area (Å²) in [5, 5.41) is 3.03. The zero-order chi connectivity index (χ0) is 17.3. The van der Waals surface area contributed by atoms with Crippen LogP contribution in [0.25, 0.3) is 10.2 Å². The lowest BCUT2D eigenvalue weighted by atomic mass is 10.1. The lowest BCUT2D eigenvalue weighted by Gasteiger charge is -2.12. The highest BCUT2D eigenvalue weighted by Crippen LogP contribution is 2.33. The number of amides is 1. The van der Waals surface area contributed by atoms with E-state index in [1.54, 1.807) is 11.3 Å². The maximum absolute atomic E-state index is 12.6. The first-order valence-corrected chi connectivity index (χ1v) is 9.67. The van der Waals surface area contributed by atoms with E-state index < -0.39 is 0 Å². The Morgan fingerprint density at radius 1 is 1.25 bits per heavy atom. The molecule has 0 aliphatic rings. The summed E-state index contributed by atoms with van der Waals surface area (Å²) in [6.45, 7) is 7.66. The molecule has 126 valence electrons. The summed E-state index contributed by atoms with van der Waals surface area (Å²) in [6, 6.07) is 12.6. The third kappa shape index (κ3) is 3.73. The normalized spacial score (nSPS) is 11.4. The van der Waals surface area contributed by atoms with E-state index in [2.05, 4.69) is 76.9 Å². The highest BCUT2D eigenvalue weighted by atomic mass is 79.9. The molecular weight excluding hydrogens is 384 g/mol. The monoisotopic (exact) mass is 404 g/mol. The number of carbonyl (C=O) groups is 1. The van der Waals surface area contributed by atoms with E-state index in [0.29, 0.717) is 19.0 Å². The van der Waals surface area contributed by atoms with Crippen LogP contribution in [0.4, 0.5) is 0 Å². The number of hydrogen-bond acceptors (Lipinski definition) is 2. The maximum Gasteiger partial charge on any atom is 0.267 e. The van der Waals surface area contributed by atoms with Crippen molar-refractivity contribution in [2.45, 2.75) is 27.3 Å². The molecule has 1 aromatic carbocycles. The summed E-state index contributed by atoms with van der Waals surface area (Å²) in [4.78, 5) is 12.6. The van der Waals surface area contributed by atoms with Crippen LogP contribution in [0.2, 0.25) is 0 Å². The fraction of sp³-hybridized carbons (Fsp3) is 0.316. The van der Waals surface area contributed by atoms with Gasteiger partial charge in [0.2, 0.25) is 0 Å². The molecule has 1 N–H and O–H groups in total. The summed E-state index contributed by atoms with van der Waals surface area (Å²) < 4.78 is 4.32. The minimum absolute atomic E-state index is 0.00432. The van der Waals surface area contributed by atoms with Crippen LogP contribution in [-0.4, -0.2) is 17.0 Å². The van der Waals surface area contributed by atoms with Crippen LogP contribution >= 0.6 is 27.3 Å². The molecule has 0 spiro atoms. The van der Waals surface area contributed by atoms with Crippen molar-refractivity contribution in [2.24, 2.45) is 5.92 Å². The van der Waals surface area contributed by atoms with Gasteiger partial charge in [0.1, 0.15) is 5.69 Å². The first kappa shape index (κ1) is 17.2. The van der Waals surface area contributed by atoms with E-state index in [1.165, 1.54) is 11.1 Å². The topological polar surface area (TPSA) is 34.0 Å². The molecule has 3 aromatic rings. The van der Waals surface area contributed by atoms with E-state index in [4.69, 9.17) is 0 Å². The van der Waals surface area contributed by atoms with Crippen LogP contribution in [0.1, 0.15) is 35.5 Å². The van der Waals surface area contributed by atoms with Crippen LogP contribution in [0.15, 0.2) is 40.2 Å². The average Bonchev–Trinajstić information content (AvgIpc) is 3.04. The lowest BCUT2D eigenvalue weighted by molar-refractivity contribution is 0.0940. The van der Waals surface area contributed by atoms with Crippen LogP contribution in [0, 0.1) is 12.8 Å². The molecule has 0 fully saturated rings. The molecule has 0 radical (unpaired) electrons. The van der Waals surface area contributed by atoms with Gasteiger partial charge in [-0.25, -0.2) is 0 Å². The minimum Gasteiger partial charge on any atom is -0.351 e. The van der Waals surface area contributed by atoms with Gasteiger partial charge in [-0.3, -0.25) is 4.79 Å². The number of thiophene rings is 1. The van der Waals surface area contributed by atoms with Crippen molar-refractivity contribution >= 4 is 43.4 Å². The van der Waals surface area contributed by atoms with Gasteiger partial charge >= 0.3 is 0 Å². The second kappa shape index (κ2) is 7.11. The number of fused-ring (bicyclic) bond motifs is 1. The van der Waals surface area contributed by atoms with Crippen molar-refractivity contribution in [3.63, 3.8) is 0 Å². The van der Waals surface area contributed by atoms with Crippen molar-refractivity contribution < 1.29 is 4.79 Å². The molecule has 0 aliphatic heterocycles. The summed E-state index contributed by atoms with van der Waals surface area (Å²) in [5.41, 5.74) is 4.26. The molecule has 0 saturated heterocycles. The Hall–Kier alpha value is -1.59. The number of nitrogens with one attached hydrogen (secondary N) is 1. The van der Waals surface area contributed by atoms with Crippen molar-refractivity contribution in [2.75, 3.05) is 6.54 Å². The van der Waals surface area contributed by atoms with E-state index in [1.807, 2.05) is 6.07 Å². The second-order valence-electron chi connectivity index (χ2n) is 6.51. The van der Waals surface area contributed by atoms with Crippen molar-refractivity contribution in [3.05, 3.63) is 57.0 Å². The van der Waals surface area contributed by atoms with Crippen LogP contribution in [-0.2, 0) is 6.54 Å². The van der Waals surface area contributed by atoms with E-state index in [9.17, 15) is 4.79 Å². The second-order valence-corrected chi connectivity index (χ2v) is 8.97. The van der Waals surface area contributed by atoms with Crippen molar-refractivity contribution in [3.8, 4) is 0 Å². The Balaban J connectivity index is 1.97. The largest absolute Gasteiger partial charge is 0.351 e. The predicted molar refractivity (Wildman–Crippen MR) is 105 cm³/mol. The van der Waals surface area contributed by atoms with E-state index in [-0.39, 0.29) is 5.91 Å². The molecule has 2 heterocycles. The molecule has 0 saturated carbocycles. The number of rotatable bonds is 5. The number of hydrogen-bond donors (Lipinski definition) is 1. The molecule has 5 heteroatoms. The molecular formula is C19H21BrN2OS. The highest BCUT2D eigenvalue weighted by molar-refractivity contribution is 9.11. The molecule has 0 bridgehead atoms. The zero-order valence-electron chi connectivity index (χ0n) is 14.1. The van der Waals surface area contributed by atoms with Gasteiger partial charge in [-0.15, -0.1) is 11.3 Å². The Labute approximate surface area is 154 Å². The van der Waals surface area contributed by atoms with Gasteiger partial charge in [-0.2, -0.15) is 0 Å². The van der Waals surface area contributed by atoms with Gasteiger partial charge in [0.05, 0.1) is 14.0 Å². The molecule has 1 amide bonds. The number of benzene rings is 1. The molecule has 24 heavy (non-hydrogen) atoms. The predicted octanol–water partition coefficient (Wildman–Crippen LogP) is 5.21. The Morgan fingerprint density at radius 2 is 1.96 bits per heavy atom. The summed E-state index contributed by atoms with van der Waals surface area (Å²) >= 11 is 5.21. The maximum atomic E-state index is 12.6. The van der Waals surface area contributed by atoms with Crippen molar-refractivity contribution in [1.29, 1.82) is 0 Å². The molecule has 3 rings (SSSR count). The molecule has 3 nitrogen and oxygen atoms in total. The van der Waals surface area contributed by atoms with E-state index in [0.717, 1.165) is 19.7 Å². The summed E-state index contributed by atoms with van der Waals surface area (Å²) in [7, 11) is 0. The number of halogens is 1. The molecule has 2 aromatic heterocycles. The first-order chi connectivity index (χ1) is 11.4. The van der Waals surface area contributed by atoms with Gasteiger partial charge < -0.3 is 9.88 Å². The van der Waals surface area contributed by atoms with Gasteiger partial charge in [0.25, 0.3) is 5.91 Å². The lowest BCUT2D eigenvalue weighted by Crippen LogP contribution is -2.29. The number of nitrogens with zero attached hydrogens (tertiary/aromatic N) is 1. The Morgan fingerprint density at radius 3 is 2.62 bits per heavy atom. The van der Waals surface area contributed by atoms with Crippen LogP contribution < -0.4 is 5.32 Å². The zero-order valence-corrected chi connectivity index (χ0v) is 16.5. The molecule has 0 unspecified atom stereocenters. The van der Waals surface area contributed by atoms with E-state index >= 15 is 0 Å². The molecule has 0 aliphatic carbocycles. The third-order valence-corrected chi connectivity index (χ3v) is 5.50. The van der Waals surface area contributed by atoms with Crippen molar-refractivity contribution in [1.82, 2.24) is 9.88 Å². The Bertz CT molecular complexity index is 862. The Kier molecular flexibility index (Phi) is 5.11. The van der Waals surface area contributed by atoms with Gasteiger partial charge in [-0.1, -0.05) is 43.7 Å². The standard InChI is InChI=1S/C19H21BrN2OS/c1-12(2)10-21-19(23)16-8-17-15(9-18(20)24-17)22(16)11-14-6-4-13(3)5-7-14/h4-9,12H,10-11H2,1-3H3,(H,21,23). The van der Waals surface area contributed by atoms with Gasteiger partial charge in [-0.05, 0) is 46.5 Å². The first-order valence-electron chi connectivity index (χ1n) is 8.06. The number of carbonyl (C=O) groups excluding carboxylic acids is 1. The molecule has 0 atom stereocenters. The SMILES string of the molecule is Cc1ccc(Cn2c(C(=O)NCC(C)C)cc3sc(Br)cc32)cc1. The average molecular weight is 405 g/mol. The number of aryl methyl sites for hydroxylation is 1. The smallest absolute Gasteiger partial charge is 0.267 e. The van der Waals surface area contributed by atoms with Gasteiger partial charge in [0.15, 0.2) is 0 Å². The van der Waals surface area contributed by atoms with Crippen LogP contribution in [0.5, 0.6) is 0 Å². The fourth-order valence-electron chi connectivity index (χ4n) is 2.63. The summed E-state index contributed by atoms with van der Waals surface area (Å²) in [6.07, 6.45) is 0.